The number of pyridine rings is 1. The van der Waals surface area contributed by atoms with Crippen LogP contribution in [0.25, 0.3) is 10.9 Å². The van der Waals surface area contributed by atoms with Crippen molar-refractivity contribution in [3.05, 3.63) is 114 Å². The van der Waals surface area contributed by atoms with Crippen molar-refractivity contribution >= 4 is 16.8 Å². The highest BCUT2D eigenvalue weighted by Crippen LogP contribution is 2.27. The van der Waals surface area contributed by atoms with Crippen LogP contribution in [0, 0.1) is 0 Å². The molecule has 0 aliphatic rings. The highest BCUT2D eigenvalue weighted by molar-refractivity contribution is 5.94. The van der Waals surface area contributed by atoms with Crippen LogP contribution in [0.4, 0.5) is 0 Å². The minimum atomic E-state index is -0.134. The Labute approximate surface area is 165 Å². The third-order valence-corrected chi connectivity index (χ3v) is 4.95. The molecule has 0 aliphatic carbocycles. The molecule has 0 bridgehead atoms. The maximum Gasteiger partial charge on any atom is 0.269 e. The molecule has 0 aliphatic heterocycles. The van der Waals surface area contributed by atoms with Crippen LogP contribution in [0.3, 0.4) is 0 Å². The maximum absolute atomic E-state index is 12.6. The highest BCUT2D eigenvalue weighted by atomic mass is 16.1. The number of amides is 1. The Morgan fingerprint density at radius 2 is 1.36 bits per heavy atom. The van der Waals surface area contributed by atoms with Crippen LogP contribution in [-0.2, 0) is 0 Å². The van der Waals surface area contributed by atoms with E-state index in [1.54, 1.807) is 6.07 Å². The molecular formula is C25H22N2O. The zero-order chi connectivity index (χ0) is 19.2. The normalized spacial score (nSPS) is 10.9. The second-order valence-electron chi connectivity index (χ2n) is 6.81. The van der Waals surface area contributed by atoms with Gasteiger partial charge in [-0.1, -0.05) is 84.9 Å². The average molecular weight is 366 g/mol. The molecule has 3 nitrogen and oxygen atoms in total. The molecule has 0 fully saturated rings. The summed E-state index contributed by atoms with van der Waals surface area (Å²) in [5.74, 6) is 0.109. The van der Waals surface area contributed by atoms with Crippen LogP contribution in [-0.4, -0.2) is 17.4 Å². The summed E-state index contributed by atoms with van der Waals surface area (Å²) in [4.78, 5) is 17.0. The van der Waals surface area contributed by atoms with Gasteiger partial charge in [0.1, 0.15) is 5.69 Å². The minimum absolute atomic E-state index is 0.134. The first kappa shape index (κ1) is 17.9. The molecule has 4 aromatic rings. The lowest BCUT2D eigenvalue weighted by molar-refractivity contribution is 0.0948. The van der Waals surface area contributed by atoms with E-state index in [0.29, 0.717) is 12.2 Å². The summed E-state index contributed by atoms with van der Waals surface area (Å²) in [6.07, 6.45) is 0.827. The zero-order valence-corrected chi connectivity index (χ0v) is 15.6. The summed E-state index contributed by atoms with van der Waals surface area (Å²) < 4.78 is 0. The van der Waals surface area contributed by atoms with Crippen molar-refractivity contribution in [3.63, 3.8) is 0 Å². The predicted octanol–water partition coefficient (Wildman–Crippen LogP) is 5.19. The number of carbonyl (C=O) groups is 1. The Kier molecular flexibility index (Phi) is 5.43. The summed E-state index contributed by atoms with van der Waals surface area (Å²) >= 11 is 0. The third kappa shape index (κ3) is 4.09. The van der Waals surface area contributed by atoms with E-state index in [-0.39, 0.29) is 11.8 Å². The Morgan fingerprint density at radius 1 is 0.750 bits per heavy atom. The number of hydrogen-bond donors (Lipinski definition) is 1. The van der Waals surface area contributed by atoms with Gasteiger partial charge in [-0.3, -0.25) is 4.79 Å². The number of aromatic nitrogens is 1. The summed E-state index contributed by atoms with van der Waals surface area (Å²) in [6.45, 7) is 0.585. The van der Waals surface area contributed by atoms with Crippen LogP contribution in [0.2, 0.25) is 0 Å². The second kappa shape index (κ2) is 8.49. The van der Waals surface area contributed by atoms with Gasteiger partial charge in [0.05, 0.1) is 5.52 Å². The van der Waals surface area contributed by atoms with Crippen molar-refractivity contribution in [2.45, 2.75) is 12.3 Å². The van der Waals surface area contributed by atoms with Gasteiger partial charge in [-0.25, -0.2) is 4.98 Å². The first-order valence-electron chi connectivity index (χ1n) is 9.55. The van der Waals surface area contributed by atoms with Crippen LogP contribution < -0.4 is 5.32 Å². The van der Waals surface area contributed by atoms with Gasteiger partial charge in [-0.05, 0) is 29.7 Å². The van der Waals surface area contributed by atoms with Gasteiger partial charge in [-0.2, -0.15) is 0 Å². The quantitative estimate of drug-likeness (QED) is 0.510. The Morgan fingerprint density at radius 3 is 2.04 bits per heavy atom. The van der Waals surface area contributed by atoms with E-state index in [4.69, 9.17) is 0 Å². The molecule has 28 heavy (non-hydrogen) atoms. The Balaban J connectivity index is 1.46. The monoisotopic (exact) mass is 366 g/mol. The van der Waals surface area contributed by atoms with E-state index in [9.17, 15) is 4.79 Å². The molecule has 0 radical (unpaired) electrons. The van der Waals surface area contributed by atoms with Gasteiger partial charge in [0, 0.05) is 17.8 Å². The SMILES string of the molecule is O=C(NCCC(c1ccccc1)c1ccccc1)c1ccc2ccccc2n1. The molecule has 3 heteroatoms. The van der Waals surface area contributed by atoms with Crippen molar-refractivity contribution in [1.29, 1.82) is 0 Å². The molecular weight excluding hydrogens is 344 g/mol. The number of hydrogen-bond acceptors (Lipinski definition) is 2. The molecule has 0 unspecified atom stereocenters. The lowest BCUT2D eigenvalue weighted by Crippen LogP contribution is -2.26. The number of carbonyl (C=O) groups excluding carboxylic acids is 1. The topological polar surface area (TPSA) is 42.0 Å². The van der Waals surface area contributed by atoms with Crippen LogP contribution in [0.5, 0.6) is 0 Å². The predicted molar refractivity (Wildman–Crippen MR) is 113 cm³/mol. The number of fused-ring (bicyclic) bond motifs is 1. The molecule has 0 atom stereocenters. The Hall–Kier alpha value is -3.46. The van der Waals surface area contributed by atoms with Crippen LogP contribution in [0.15, 0.2) is 97.1 Å². The first-order chi connectivity index (χ1) is 13.8. The minimum Gasteiger partial charge on any atom is -0.351 e. The lowest BCUT2D eigenvalue weighted by Gasteiger charge is -2.18. The standard InChI is InChI=1S/C25H22N2O/c28-25(24-16-15-21-13-7-8-14-23(21)27-24)26-18-17-22(19-9-3-1-4-10-19)20-11-5-2-6-12-20/h1-16,22H,17-18H2,(H,26,28). The molecule has 0 saturated heterocycles. The maximum atomic E-state index is 12.6. The zero-order valence-electron chi connectivity index (χ0n) is 15.6. The van der Waals surface area contributed by atoms with Gasteiger partial charge in [-0.15, -0.1) is 0 Å². The average Bonchev–Trinajstić information content (AvgIpc) is 2.77. The molecule has 1 heterocycles. The van der Waals surface area contributed by atoms with Crippen molar-refractivity contribution in [1.82, 2.24) is 10.3 Å². The second-order valence-corrected chi connectivity index (χ2v) is 6.81. The molecule has 0 spiro atoms. The molecule has 4 rings (SSSR count). The number of nitrogens with zero attached hydrogens (tertiary/aromatic N) is 1. The molecule has 0 saturated carbocycles. The number of rotatable bonds is 6. The van der Waals surface area contributed by atoms with Crippen LogP contribution >= 0.6 is 0 Å². The molecule has 1 aromatic heterocycles. The van der Waals surface area contributed by atoms with E-state index < -0.39 is 0 Å². The van der Waals surface area contributed by atoms with Gasteiger partial charge in [0.15, 0.2) is 0 Å². The first-order valence-corrected chi connectivity index (χ1v) is 9.55. The van der Waals surface area contributed by atoms with Crippen molar-refractivity contribution in [2.75, 3.05) is 6.54 Å². The van der Waals surface area contributed by atoms with Crippen LogP contribution in [0.1, 0.15) is 34.0 Å². The van der Waals surface area contributed by atoms with Gasteiger partial charge >= 0.3 is 0 Å². The van der Waals surface area contributed by atoms with Crippen molar-refractivity contribution in [3.8, 4) is 0 Å². The van der Waals surface area contributed by atoms with E-state index in [0.717, 1.165) is 17.3 Å². The van der Waals surface area contributed by atoms with Crippen molar-refractivity contribution in [2.24, 2.45) is 0 Å². The summed E-state index contributed by atoms with van der Waals surface area (Å²) in [7, 11) is 0. The third-order valence-electron chi connectivity index (χ3n) is 4.95. The van der Waals surface area contributed by atoms with E-state index in [2.05, 4.69) is 58.8 Å². The van der Waals surface area contributed by atoms with Gasteiger partial charge in [0.2, 0.25) is 0 Å². The number of nitrogens with one attached hydrogen (secondary N) is 1. The highest BCUT2D eigenvalue weighted by Gasteiger charge is 2.15. The molecule has 3 aromatic carbocycles. The Bertz CT molecular complexity index is 1020. The van der Waals surface area contributed by atoms with Gasteiger partial charge in [0.25, 0.3) is 5.91 Å². The largest absolute Gasteiger partial charge is 0.351 e. The van der Waals surface area contributed by atoms with E-state index >= 15 is 0 Å². The van der Waals surface area contributed by atoms with Gasteiger partial charge < -0.3 is 5.32 Å². The summed E-state index contributed by atoms with van der Waals surface area (Å²) in [5, 5.41) is 4.07. The number of para-hydroxylation sites is 1. The smallest absolute Gasteiger partial charge is 0.269 e. The fourth-order valence-corrected chi connectivity index (χ4v) is 3.51. The van der Waals surface area contributed by atoms with E-state index in [1.807, 2.05) is 42.5 Å². The fraction of sp³-hybridized carbons (Fsp3) is 0.120. The number of benzene rings is 3. The van der Waals surface area contributed by atoms with Crippen molar-refractivity contribution < 1.29 is 4.79 Å². The van der Waals surface area contributed by atoms with E-state index in [1.165, 1.54) is 11.1 Å². The molecule has 1 amide bonds. The fourth-order valence-electron chi connectivity index (χ4n) is 3.51. The lowest BCUT2D eigenvalue weighted by atomic mass is 9.88. The summed E-state index contributed by atoms with van der Waals surface area (Å²) in [5.41, 5.74) is 3.80. The summed E-state index contributed by atoms with van der Waals surface area (Å²) in [6, 6.07) is 32.4. The molecule has 138 valence electrons. The molecule has 1 N–H and O–H groups in total.